The van der Waals surface area contributed by atoms with Gasteiger partial charge in [-0.1, -0.05) is 30.3 Å². The summed E-state index contributed by atoms with van der Waals surface area (Å²) in [5.41, 5.74) is 0.731. The van der Waals surface area contributed by atoms with Gasteiger partial charge in [0, 0.05) is 0 Å². The van der Waals surface area contributed by atoms with E-state index < -0.39 is 18.2 Å². The zero-order valence-electron chi connectivity index (χ0n) is 9.78. The Hall–Kier alpha value is -2.37. The number of carbonyl (C=O) groups is 3. The Morgan fingerprint density at radius 2 is 2.00 bits per heavy atom. The SMILES string of the molecule is CC(C=O)N(C(=O)O)C(=O)OCc1ccccc1. The molecule has 96 valence electrons. The lowest BCUT2D eigenvalue weighted by molar-refractivity contribution is -0.111. The number of imide groups is 1. The summed E-state index contributed by atoms with van der Waals surface area (Å²) in [5.74, 6) is 0. The lowest BCUT2D eigenvalue weighted by Gasteiger charge is -2.19. The summed E-state index contributed by atoms with van der Waals surface area (Å²) >= 11 is 0. The molecule has 1 atom stereocenters. The van der Waals surface area contributed by atoms with Gasteiger partial charge in [0.1, 0.15) is 12.9 Å². The van der Waals surface area contributed by atoms with Gasteiger partial charge in [-0.25, -0.2) is 14.5 Å². The van der Waals surface area contributed by atoms with Gasteiger partial charge in [-0.15, -0.1) is 0 Å². The molecule has 6 nitrogen and oxygen atoms in total. The van der Waals surface area contributed by atoms with Crippen LogP contribution in [0, 0.1) is 0 Å². The van der Waals surface area contributed by atoms with Crippen molar-refractivity contribution in [3.05, 3.63) is 35.9 Å². The highest BCUT2D eigenvalue weighted by atomic mass is 16.6. The minimum absolute atomic E-state index is 0.0466. The predicted octanol–water partition coefficient (Wildman–Crippen LogP) is 1.89. The molecular weight excluding hydrogens is 238 g/mol. The molecule has 0 fully saturated rings. The van der Waals surface area contributed by atoms with E-state index in [-0.39, 0.29) is 6.61 Å². The number of benzene rings is 1. The van der Waals surface area contributed by atoms with Crippen LogP contribution in [0.2, 0.25) is 0 Å². The lowest BCUT2D eigenvalue weighted by Crippen LogP contribution is -2.43. The highest BCUT2D eigenvalue weighted by Crippen LogP contribution is 2.05. The number of carboxylic acid groups (broad SMARTS) is 1. The fraction of sp³-hybridized carbons (Fsp3) is 0.250. The Morgan fingerprint density at radius 3 is 2.50 bits per heavy atom. The molecule has 1 unspecified atom stereocenters. The highest BCUT2D eigenvalue weighted by molar-refractivity contribution is 5.90. The summed E-state index contributed by atoms with van der Waals surface area (Å²) in [6, 6.07) is 7.75. The lowest BCUT2D eigenvalue weighted by atomic mass is 10.2. The molecule has 1 aromatic carbocycles. The van der Waals surface area contributed by atoms with Gasteiger partial charge in [0.2, 0.25) is 0 Å². The molecular formula is C12H13NO5. The van der Waals surface area contributed by atoms with Crippen LogP contribution in [0.3, 0.4) is 0 Å². The molecule has 0 aliphatic carbocycles. The Balaban J connectivity index is 2.63. The van der Waals surface area contributed by atoms with Crippen LogP contribution in [0.25, 0.3) is 0 Å². The second kappa shape index (κ2) is 6.39. The van der Waals surface area contributed by atoms with Crippen molar-refractivity contribution in [2.75, 3.05) is 0 Å². The summed E-state index contributed by atoms with van der Waals surface area (Å²) in [6.07, 6.45) is -2.23. The summed E-state index contributed by atoms with van der Waals surface area (Å²) in [5, 5.41) is 8.81. The second-order valence-corrected chi connectivity index (χ2v) is 3.57. The fourth-order valence-corrected chi connectivity index (χ4v) is 1.27. The van der Waals surface area contributed by atoms with E-state index in [4.69, 9.17) is 9.84 Å². The normalized spacial score (nSPS) is 11.4. The van der Waals surface area contributed by atoms with Gasteiger partial charge >= 0.3 is 12.2 Å². The van der Waals surface area contributed by atoms with E-state index in [1.807, 2.05) is 6.07 Å². The maximum atomic E-state index is 11.5. The second-order valence-electron chi connectivity index (χ2n) is 3.57. The molecule has 0 aromatic heterocycles. The smallest absolute Gasteiger partial charge is 0.420 e. The largest absolute Gasteiger partial charge is 0.465 e. The van der Waals surface area contributed by atoms with E-state index in [1.165, 1.54) is 6.92 Å². The number of hydrogen-bond acceptors (Lipinski definition) is 4. The fourth-order valence-electron chi connectivity index (χ4n) is 1.27. The minimum atomic E-state index is -1.52. The van der Waals surface area contributed by atoms with Gasteiger partial charge in [-0.2, -0.15) is 0 Å². The van der Waals surface area contributed by atoms with Gasteiger partial charge in [-0.3, -0.25) is 0 Å². The molecule has 0 bridgehead atoms. The maximum Gasteiger partial charge on any atom is 0.420 e. The zero-order valence-corrected chi connectivity index (χ0v) is 9.78. The van der Waals surface area contributed by atoms with Crippen LogP contribution in [0.15, 0.2) is 30.3 Å². The van der Waals surface area contributed by atoms with Crippen LogP contribution in [-0.4, -0.2) is 34.5 Å². The van der Waals surface area contributed by atoms with Crippen LogP contribution in [0.5, 0.6) is 0 Å². The first-order valence-electron chi connectivity index (χ1n) is 5.24. The van der Waals surface area contributed by atoms with Crippen molar-refractivity contribution < 1.29 is 24.2 Å². The molecule has 2 amide bonds. The number of amides is 2. The summed E-state index contributed by atoms with van der Waals surface area (Å²) in [7, 11) is 0. The molecule has 0 heterocycles. The predicted molar refractivity (Wildman–Crippen MR) is 62.0 cm³/mol. The van der Waals surface area contributed by atoms with E-state index in [0.717, 1.165) is 5.56 Å². The van der Waals surface area contributed by atoms with Crippen molar-refractivity contribution in [2.45, 2.75) is 19.6 Å². The monoisotopic (exact) mass is 251 g/mol. The first-order chi connectivity index (χ1) is 8.56. The van der Waals surface area contributed by atoms with Crippen molar-refractivity contribution in [3.63, 3.8) is 0 Å². The summed E-state index contributed by atoms with van der Waals surface area (Å²) in [6.45, 7) is 1.25. The van der Waals surface area contributed by atoms with Gasteiger partial charge < -0.3 is 14.6 Å². The quantitative estimate of drug-likeness (QED) is 0.826. The van der Waals surface area contributed by atoms with Gasteiger partial charge in [0.15, 0.2) is 0 Å². The van der Waals surface area contributed by atoms with Gasteiger partial charge in [0.25, 0.3) is 0 Å². The minimum Gasteiger partial charge on any atom is -0.465 e. The van der Waals surface area contributed by atoms with Crippen LogP contribution in [0.1, 0.15) is 12.5 Å². The third-order valence-electron chi connectivity index (χ3n) is 2.21. The molecule has 0 aliphatic heterocycles. The molecule has 0 spiro atoms. The highest BCUT2D eigenvalue weighted by Gasteiger charge is 2.27. The van der Waals surface area contributed by atoms with E-state index in [9.17, 15) is 14.4 Å². The third-order valence-corrected chi connectivity index (χ3v) is 2.21. The Bertz CT molecular complexity index is 431. The molecule has 1 rings (SSSR count). The summed E-state index contributed by atoms with van der Waals surface area (Å²) in [4.78, 5) is 33.2. The number of carbonyl (C=O) groups excluding carboxylic acids is 2. The topological polar surface area (TPSA) is 83.9 Å². The van der Waals surface area contributed by atoms with Gasteiger partial charge in [-0.05, 0) is 12.5 Å². The van der Waals surface area contributed by atoms with Crippen molar-refractivity contribution in [1.29, 1.82) is 0 Å². The average molecular weight is 251 g/mol. The molecule has 0 aliphatic rings. The third kappa shape index (κ3) is 3.58. The standard InChI is InChI=1S/C12H13NO5/c1-9(7-14)13(11(15)16)12(17)18-8-10-5-3-2-4-6-10/h2-7,9H,8H2,1H3,(H,15,16). The van der Waals surface area contributed by atoms with Crippen LogP contribution in [0.4, 0.5) is 9.59 Å². The number of rotatable bonds is 4. The number of ether oxygens (including phenoxy) is 1. The molecule has 0 saturated carbocycles. The molecule has 1 N–H and O–H groups in total. The van der Waals surface area contributed by atoms with E-state index in [2.05, 4.69) is 0 Å². The van der Waals surface area contributed by atoms with Crippen molar-refractivity contribution in [2.24, 2.45) is 0 Å². The van der Waals surface area contributed by atoms with Crippen molar-refractivity contribution >= 4 is 18.5 Å². The number of aldehydes is 1. The van der Waals surface area contributed by atoms with Crippen molar-refractivity contribution in [3.8, 4) is 0 Å². The molecule has 18 heavy (non-hydrogen) atoms. The van der Waals surface area contributed by atoms with Crippen LogP contribution < -0.4 is 0 Å². The average Bonchev–Trinajstić information content (AvgIpc) is 2.37. The van der Waals surface area contributed by atoms with Gasteiger partial charge in [0.05, 0.1) is 6.04 Å². The first-order valence-corrected chi connectivity index (χ1v) is 5.24. The zero-order chi connectivity index (χ0) is 13.5. The number of nitrogens with zero attached hydrogens (tertiary/aromatic N) is 1. The van der Waals surface area contributed by atoms with Crippen LogP contribution in [-0.2, 0) is 16.1 Å². The Labute approximate surface area is 104 Å². The maximum absolute atomic E-state index is 11.5. The summed E-state index contributed by atoms with van der Waals surface area (Å²) < 4.78 is 4.82. The molecule has 1 aromatic rings. The molecule has 6 heteroatoms. The molecule has 0 saturated heterocycles. The van der Waals surface area contributed by atoms with E-state index in [1.54, 1.807) is 24.3 Å². The van der Waals surface area contributed by atoms with E-state index >= 15 is 0 Å². The molecule has 0 radical (unpaired) electrons. The Morgan fingerprint density at radius 1 is 1.39 bits per heavy atom. The van der Waals surface area contributed by atoms with Crippen molar-refractivity contribution in [1.82, 2.24) is 4.90 Å². The Kier molecular flexibility index (Phi) is 4.86. The van der Waals surface area contributed by atoms with E-state index in [0.29, 0.717) is 11.2 Å². The first kappa shape index (κ1) is 13.7. The number of hydrogen-bond donors (Lipinski definition) is 1. The van der Waals surface area contributed by atoms with Crippen LogP contribution >= 0.6 is 0 Å².